The van der Waals surface area contributed by atoms with Crippen molar-refractivity contribution in [2.24, 2.45) is 0 Å². The molecule has 100 valence electrons. The second-order valence-corrected chi connectivity index (χ2v) is 5.90. The van der Waals surface area contributed by atoms with Crippen LogP contribution in [0.3, 0.4) is 0 Å². The number of pyridine rings is 1. The van der Waals surface area contributed by atoms with E-state index in [1.807, 2.05) is 0 Å². The molecule has 1 N–H and O–H groups in total. The Labute approximate surface area is 115 Å². The molecule has 2 rings (SSSR count). The third-order valence-corrected chi connectivity index (χ3v) is 4.09. The SMILES string of the molecule is Cc1ccnc(Cl)c1NS(=O)(=O)c1cccc(F)c1. The summed E-state index contributed by atoms with van der Waals surface area (Å²) in [6.07, 6.45) is 1.47. The Hall–Kier alpha value is -1.66. The second kappa shape index (κ2) is 5.14. The number of nitrogens with zero attached hydrogens (tertiary/aromatic N) is 1. The zero-order valence-electron chi connectivity index (χ0n) is 9.89. The third kappa shape index (κ3) is 3.02. The van der Waals surface area contributed by atoms with Crippen molar-refractivity contribution in [3.8, 4) is 0 Å². The van der Waals surface area contributed by atoms with Crippen LogP contribution in [0.4, 0.5) is 10.1 Å². The van der Waals surface area contributed by atoms with E-state index in [4.69, 9.17) is 11.6 Å². The van der Waals surface area contributed by atoms with E-state index in [-0.39, 0.29) is 15.7 Å². The standard InChI is InChI=1S/C12H10ClFN2O2S/c1-8-5-6-15-12(13)11(8)16-19(17,18)10-4-2-3-9(14)7-10/h2-7,16H,1H3. The number of hydrogen-bond donors (Lipinski definition) is 1. The van der Waals surface area contributed by atoms with Gasteiger partial charge in [-0.1, -0.05) is 17.7 Å². The minimum Gasteiger partial charge on any atom is -0.276 e. The quantitative estimate of drug-likeness (QED) is 0.887. The van der Waals surface area contributed by atoms with Crippen molar-refractivity contribution in [1.29, 1.82) is 0 Å². The van der Waals surface area contributed by atoms with Crippen LogP contribution in [0.25, 0.3) is 0 Å². The third-order valence-electron chi connectivity index (χ3n) is 2.46. The predicted molar refractivity (Wildman–Crippen MR) is 71.2 cm³/mol. The first-order valence-electron chi connectivity index (χ1n) is 5.29. The van der Waals surface area contributed by atoms with Gasteiger partial charge in [-0.25, -0.2) is 17.8 Å². The highest BCUT2D eigenvalue weighted by Crippen LogP contribution is 2.25. The summed E-state index contributed by atoms with van der Waals surface area (Å²) in [4.78, 5) is 3.63. The number of benzene rings is 1. The number of aryl methyl sites for hydroxylation is 1. The number of sulfonamides is 1. The van der Waals surface area contributed by atoms with Gasteiger partial charge in [0.1, 0.15) is 5.82 Å². The topological polar surface area (TPSA) is 59.1 Å². The van der Waals surface area contributed by atoms with Gasteiger partial charge in [0.15, 0.2) is 5.15 Å². The lowest BCUT2D eigenvalue weighted by molar-refractivity contribution is 0.595. The van der Waals surface area contributed by atoms with Crippen molar-refractivity contribution >= 4 is 27.3 Å². The van der Waals surface area contributed by atoms with Crippen LogP contribution in [0, 0.1) is 12.7 Å². The van der Waals surface area contributed by atoms with E-state index in [0.717, 1.165) is 6.07 Å². The molecular weight excluding hydrogens is 291 g/mol. The maximum Gasteiger partial charge on any atom is 0.262 e. The zero-order valence-corrected chi connectivity index (χ0v) is 11.5. The van der Waals surface area contributed by atoms with Gasteiger partial charge in [0, 0.05) is 6.20 Å². The summed E-state index contributed by atoms with van der Waals surface area (Å²) in [5.41, 5.74) is 0.813. The maximum absolute atomic E-state index is 13.1. The fourth-order valence-corrected chi connectivity index (χ4v) is 2.95. The van der Waals surface area contributed by atoms with Crippen LogP contribution in [-0.4, -0.2) is 13.4 Å². The fourth-order valence-electron chi connectivity index (χ4n) is 1.48. The van der Waals surface area contributed by atoms with Crippen LogP contribution < -0.4 is 4.72 Å². The summed E-state index contributed by atoms with van der Waals surface area (Å²) in [5, 5.41) is 0.0416. The Morgan fingerprint density at radius 2 is 2.05 bits per heavy atom. The Kier molecular flexibility index (Phi) is 3.73. The molecular formula is C12H10ClFN2O2S. The number of hydrogen-bond acceptors (Lipinski definition) is 3. The summed E-state index contributed by atoms with van der Waals surface area (Å²) >= 11 is 5.84. The van der Waals surface area contributed by atoms with Crippen LogP contribution in [0.2, 0.25) is 5.15 Å². The summed E-state index contributed by atoms with van der Waals surface area (Å²) in [6, 6.07) is 6.34. The van der Waals surface area contributed by atoms with Crippen molar-refractivity contribution < 1.29 is 12.8 Å². The summed E-state index contributed by atoms with van der Waals surface area (Å²) in [7, 11) is -3.90. The van der Waals surface area contributed by atoms with Gasteiger partial charge < -0.3 is 0 Å². The molecule has 0 spiro atoms. The minimum absolute atomic E-state index is 0.0416. The van der Waals surface area contributed by atoms with Crippen molar-refractivity contribution in [3.05, 3.63) is 53.1 Å². The highest BCUT2D eigenvalue weighted by atomic mass is 35.5. The van der Waals surface area contributed by atoms with Crippen LogP contribution in [0.1, 0.15) is 5.56 Å². The van der Waals surface area contributed by atoms with E-state index in [0.29, 0.717) is 5.56 Å². The molecule has 0 unspecified atom stereocenters. The average molecular weight is 301 g/mol. The largest absolute Gasteiger partial charge is 0.276 e. The fraction of sp³-hybridized carbons (Fsp3) is 0.0833. The molecule has 2 aromatic rings. The highest BCUT2D eigenvalue weighted by Gasteiger charge is 2.17. The monoisotopic (exact) mass is 300 g/mol. The Morgan fingerprint density at radius 1 is 1.32 bits per heavy atom. The second-order valence-electron chi connectivity index (χ2n) is 3.86. The van der Waals surface area contributed by atoms with Crippen molar-refractivity contribution in [1.82, 2.24) is 4.98 Å². The molecule has 0 aliphatic heterocycles. The molecule has 0 radical (unpaired) electrons. The van der Waals surface area contributed by atoms with Gasteiger partial charge >= 0.3 is 0 Å². The molecule has 7 heteroatoms. The molecule has 0 atom stereocenters. The van der Waals surface area contributed by atoms with Crippen LogP contribution >= 0.6 is 11.6 Å². The average Bonchev–Trinajstić information content (AvgIpc) is 2.34. The van der Waals surface area contributed by atoms with Crippen molar-refractivity contribution in [2.75, 3.05) is 4.72 Å². The molecule has 0 bridgehead atoms. The molecule has 0 aliphatic carbocycles. The van der Waals surface area contributed by atoms with Gasteiger partial charge in [-0.05, 0) is 36.8 Å². The zero-order chi connectivity index (χ0) is 14.0. The van der Waals surface area contributed by atoms with E-state index in [1.54, 1.807) is 13.0 Å². The summed E-state index contributed by atoms with van der Waals surface area (Å²) < 4.78 is 39.6. The summed E-state index contributed by atoms with van der Waals surface area (Å²) in [6.45, 7) is 1.69. The Morgan fingerprint density at radius 3 is 2.68 bits per heavy atom. The molecule has 4 nitrogen and oxygen atoms in total. The molecule has 0 fully saturated rings. The number of rotatable bonds is 3. The molecule has 0 amide bonds. The molecule has 1 heterocycles. The number of aromatic nitrogens is 1. The lowest BCUT2D eigenvalue weighted by Crippen LogP contribution is -2.14. The van der Waals surface area contributed by atoms with Gasteiger partial charge in [0.25, 0.3) is 10.0 Å². The first-order chi connectivity index (χ1) is 8.90. The van der Waals surface area contributed by atoms with E-state index in [2.05, 4.69) is 9.71 Å². The van der Waals surface area contributed by atoms with Crippen molar-refractivity contribution in [2.45, 2.75) is 11.8 Å². The number of nitrogens with one attached hydrogen (secondary N) is 1. The molecule has 19 heavy (non-hydrogen) atoms. The molecule has 1 aromatic carbocycles. The van der Waals surface area contributed by atoms with Crippen LogP contribution in [-0.2, 0) is 10.0 Å². The lowest BCUT2D eigenvalue weighted by Gasteiger charge is -2.11. The number of halogens is 2. The molecule has 0 saturated carbocycles. The first-order valence-corrected chi connectivity index (χ1v) is 7.16. The van der Waals surface area contributed by atoms with Crippen LogP contribution in [0.15, 0.2) is 41.4 Å². The predicted octanol–water partition coefficient (Wildman–Crippen LogP) is 2.98. The smallest absolute Gasteiger partial charge is 0.262 e. The molecule has 1 aromatic heterocycles. The van der Waals surface area contributed by atoms with Gasteiger partial charge in [-0.15, -0.1) is 0 Å². The van der Waals surface area contributed by atoms with E-state index < -0.39 is 15.8 Å². The highest BCUT2D eigenvalue weighted by molar-refractivity contribution is 7.92. The van der Waals surface area contributed by atoms with Gasteiger partial charge in [0.2, 0.25) is 0 Å². The Balaban J connectivity index is 2.42. The van der Waals surface area contributed by atoms with E-state index in [1.165, 1.54) is 24.4 Å². The Bertz CT molecular complexity index is 699. The van der Waals surface area contributed by atoms with E-state index in [9.17, 15) is 12.8 Å². The van der Waals surface area contributed by atoms with Gasteiger partial charge in [-0.3, -0.25) is 4.72 Å². The lowest BCUT2D eigenvalue weighted by atomic mass is 10.3. The van der Waals surface area contributed by atoms with Gasteiger partial charge in [0.05, 0.1) is 10.6 Å². The first kappa shape index (κ1) is 13.8. The van der Waals surface area contributed by atoms with Crippen LogP contribution in [0.5, 0.6) is 0 Å². The maximum atomic E-state index is 13.1. The molecule has 0 saturated heterocycles. The minimum atomic E-state index is -3.90. The van der Waals surface area contributed by atoms with Crippen molar-refractivity contribution in [3.63, 3.8) is 0 Å². The number of anilines is 1. The molecule has 0 aliphatic rings. The van der Waals surface area contributed by atoms with E-state index >= 15 is 0 Å². The normalized spacial score (nSPS) is 11.3. The summed E-state index contributed by atoms with van der Waals surface area (Å²) in [5.74, 6) is -0.628. The van der Waals surface area contributed by atoms with Gasteiger partial charge in [-0.2, -0.15) is 0 Å².